The third-order valence-electron chi connectivity index (χ3n) is 4.82. The Morgan fingerprint density at radius 3 is 2.59 bits per heavy atom. The smallest absolute Gasteiger partial charge is 0.422 e. The molecule has 2 aromatic rings. The van der Waals surface area contributed by atoms with Crippen molar-refractivity contribution in [2.75, 3.05) is 46.6 Å². The molecule has 0 bridgehead atoms. The number of rotatable bonds is 10. The number of hydrogen-bond acceptors (Lipinski definition) is 9. The lowest BCUT2D eigenvalue weighted by atomic mass is 10.2. The van der Waals surface area contributed by atoms with Crippen molar-refractivity contribution in [3.05, 3.63) is 46.6 Å². The molecule has 0 aliphatic carbocycles. The molecule has 0 radical (unpaired) electrons. The molecule has 3 rings (SSSR count). The summed E-state index contributed by atoms with van der Waals surface area (Å²) in [4.78, 5) is 15.8. The van der Waals surface area contributed by atoms with E-state index in [1.54, 1.807) is 4.72 Å². The summed E-state index contributed by atoms with van der Waals surface area (Å²) in [6, 6.07) is 5.01. The predicted octanol–water partition coefficient (Wildman–Crippen LogP) is 3.37. The number of carbonyl (C=O) groups is 1. The molecular weight excluding hydrogens is 547 g/mol. The zero-order valence-electron chi connectivity index (χ0n) is 19.4. The molecule has 204 valence electrons. The van der Waals surface area contributed by atoms with E-state index in [9.17, 15) is 26.4 Å². The van der Waals surface area contributed by atoms with Gasteiger partial charge in [0, 0.05) is 38.0 Å². The Bertz CT molecular complexity index is 1190. The summed E-state index contributed by atoms with van der Waals surface area (Å²) in [6.07, 6.45) is -5.35. The molecule has 0 atom stereocenters. The highest BCUT2D eigenvalue weighted by Gasteiger charge is 2.32. The second-order valence-electron chi connectivity index (χ2n) is 7.42. The molecular formula is C21H23ClF3N3O8S. The van der Waals surface area contributed by atoms with Gasteiger partial charge in [0.25, 0.3) is 0 Å². The van der Waals surface area contributed by atoms with Crippen LogP contribution in [-0.4, -0.2) is 70.4 Å². The van der Waals surface area contributed by atoms with E-state index in [2.05, 4.69) is 4.98 Å². The number of nitrogens with zero attached hydrogens (tertiary/aromatic N) is 2. The summed E-state index contributed by atoms with van der Waals surface area (Å²) < 4.78 is 92.4. The fourth-order valence-electron chi connectivity index (χ4n) is 2.97. The van der Waals surface area contributed by atoms with E-state index in [0.717, 1.165) is 4.31 Å². The van der Waals surface area contributed by atoms with E-state index in [4.69, 9.17) is 35.3 Å². The second kappa shape index (κ2) is 12.6. The van der Waals surface area contributed by atoms with Crippen LogP contribution in [0.25, 0.3) is 0 Å². The van der Waals surface area contributed by atoms with Gasteiger partial charge in [0.15, 0.2) is 0 Å². The lowest BCUT2D eigenvalue weighted by Gasteiger charge is -2.25. The van der Waals surface area contributed by atoms with Gasteiger partial charge in [-0.3, -0.25) is 0 Å². The Kier molecular flexibility index (Phi) is 9.78. The van der Waals surface area contributed by atoms with Crippen LogP contribution in [0.4, 0.5) is 18.0 Å². The van der Waals surface area contributed by atoms with Crippen molar-refractivity contribution in [2.45, 2.75) is 12.8 Å². The maximum Gasteiger partial charge on any atom is 0.422 e. The van der Waals surface area contributed by atoms with Crippen LogP contribution in [0, 0.1) is 0 Å². The standard InChI is InChI=1S/C21H23ClF3N3O8S/c1-32-8-9-34-16-3-2-14(13-35-20(29)27-37(30,31)28-4-6-33-7-5-28)18(11-16)36-19-17(22)10-15(12-26-19)21(23,24)25/h2-3,10-12H,4-9,13H2,1H3,(H,27,29). The first-order valence-corrected chi connectivity index (χ1v) is 12.5. The zero-order valence-corrected chi connectivity index (χ0v) is 21.0. The highest BCUT2D eigenvalue weighted by atomic mass is 35.5. The molecule has 1 N–H and O–H groups in total. The van der Waals surface area contributed by atoms with Crippen molar-refractivity contribution in [1.82, 2.24) is 14.0 Å². The Morgan fingerprint density at radius 1 is 1.22 bits per heavy atom. The minimum Gasteiger partial charge on any atom is -0.491 e. The minimum atomic E-state index is -4.65. The number of nitrogens with one attached hydrogen (secondary N) is 1. The van der Waals surface area contributed by atoms with Gasteiger partial charge in [-0.25, -0.2) is 14.5 Å². The summed E-state index contributed by atoms with van der Waals surface area (Å²) in [5.74, 6) is -0.0459. The van der Waals surface area contributed by atoms with Crippen LogP contribution in [0.5, 0.6) is 17.4 Å². The number of hydrogen-bond donors (Lipinski definition) is 1. The quantitative estimate of drug-likeness (QED) is 0.429. The van der Waals surface area contributed by atoms with Crippen molar-refractivity contribution in [1.29, 1.82) is 0 Å². The van der Waals surface area contributed by atoms with Crippen molar-refractivity contribution < 1.29 is 50.1 Å². The van der Waals surface area contributed by atoms with E-state index >= 15 is 0 Å². The van der Waals surface area contributed by atoms with Crippen LogP contribution in [-0.2, 0) is 37.2 Å². The van der Waals surface area contributed by atoms with E-state index < -0.39 is 39.7 Å². The van der Waals surface area contributed by atoms with Gasteiger partial charge < -0.3 is 23.7 Å². The monoisotopic (exact) mass is 569 g/mol. The summed E-state index contributed by atoms with van der Waals surface area (Å²) >= 11 is 5.94. The number of aromatic nitrogens is 1. The van der Waals surface area contributed by atoms with E-state index in [-0.39, 0.29) is 56.7 Å². The average Bonchev–Trinajstić information content (AvgIpc) is 2.84. The fourth-order valence-corrected chi connectivity index (χ4v) is 4.20. The molecule has 2 heterocycles. The number of morpholine rings is 1. The highest BCUT2D eigenvalue weighted by Crippen LogP contribution is 2.36. The van der Waals surface area contributed by atoms with Crippen LogP contribution in [0.1, 0.15) is 11.1 Å². The van der Waals surface area contributed by atoms with Gasteiger partial charge in [-0.15, -0.1) is 0 Å². The summed E-state index contributed by atoms with van der Waals surface area (Å²) in [5.41, 5.74) is -0.848. The Balaban J connectivity index is 1.75. The Hall–Kier alpha value is -2.85. The van der Waals surface area contributed by atoms with Crippen molar-refractivity contribution in [3.8, 4) is 17.4 Å². The van der Waals surface area contributed by atoms with Crippen LogP contribution in [0.2, 0.25) is 5.02 Å². The topological polar surface area (TPSA) is 126 Å². The molecule has 1 fully saturated rings. The van der Waals surface area contributed by atoms with Crippen LogP contribution in [0.3, 0.4) is 0 Å². The maximum atomic E-state index is 12.9. The summed E-state index contributed by atoms with van der Waals surface area (Å²) in [5, 5.41) is -0.415. The van der Waals surface area contributed by atoms with Gasteiger partial charge in [0.1, 0.15) is 29.7 Å². The van der Waals surface area contributed by atoms with Gasteiger partial charge >= 0.3 is 22.5 Å². The molecule has 1 aliphatic heterocycles. The molecule has 11 nitrogen and oxygen atoms in total. The lowest BCUT2D eigenvalue weighted by Crippen LogP contribution is -2.48. The van der Waals surface area contributed by atoms with E-state index in [1.165, 1.54) is 25.3 Å². The molecule has 1 aromatic heterocycles. The number of methoxy groups -OCH3 is 1. The van der Waals surface area contributed by atoms with Crippen LogP contribution < -0.4 is 14.2 Å². The van der Waals surface area contributed by atoms with E-state index in [1.807, 2.05) is 0 Å². The van der Waals surface area contributed by atoms with Crippen LogP contribution >= 0.6 is 11.6 Å². The SMILES string of the molecule is COCCOc1ccc(COC(=O)NS(=O)(=O)N2CCOCC2)c(Oc2ncc(C(F)(F)F)cc2Cl)c1. The van der Waals surface area contributed by atoms with Gasteiger partial charge in [-0.2, -0.15) is 25.9 Å². The maximum absolute atomic E-state index is 12.9. The molecule has 1 aromatic carbocycles. The number of pyridine rings is 1. The van der Waals surface area contributed by atoms with Crippen molar-refractivity contribution in [3.63, 3.8) is 0 Å². The summed E-state index contributed by atoms with van der Waals surface area (Å²) in [6.45, 7) is 0.540. The van der Waals surface area contributed by atoms with Gasteiger partial charge in [-0.05, 0) is 18.2 Å². The number of benzene rings is 1. The molecule has 1 saturated heterocycles. The number of carbonyl (C=O) groups excluding carboxylic acids is 1. The van der Waals surface area contributed by atoms with Gasteiger partial charge in [0.05, 0.1) is 25.4 Å². The number of alkyl halides is 3. The molecule has 1 amide bonds. The molecule has 0 spiro atoms. The Morgan fingerprint density at radius 2 is 1.95 bits per heavy atom. The second-order valence-corrected chi connectivity index (χ2v) is 9.49. The molecule has 16 heteroatoms. The first-order valence-electron chi connectivity index (χ1n) is 10.7. The van der Waals surface area contributed by atoms with Crippen LogP contribution in [0.15, 0.2) is 30.5 Å². The minimum absolute atomic E-state index is 0.00656. The molecule has 0 unspecified atom stereocenters. The normalized spacial score (nSPS) is 14.7. The lowest BCUT2D eigenvalue weighted by molar-refractivity contribution is -0.137. The number of ether oxygens (including phenoxy) is 5. The fraction of sp³-hybridized carbons (Fsp3) is 0.429. The number of amides is 1. The predicted molar refractivity (Wildman–Crippen MR) is 123 cm³/mol. The largest absolute Gasteiger partial charge is 0.491 e. The van der Waals surface area contributed by atoms with Gasteiger partial charge in [0.2, 0.25) is 5.88 Å². The van der Waals surface area contributed by atoms with E-state index in [0.29, 0.717) is 18.0 Å². The third-order valence-corrected chi connectivity index (χ3v) is 6.56. The Labute approximate surface area is 215 Å². The molecule has 1 aliphatic rings. The zero-order chi connectivity index (χ0) is 27.1. The third kappa shape index (κ3) is 8.33. The average molecular weight is 570 g/mol. The highest BCUT2D eigenvalue weighted by molar-refractivity contribution is 7.87. The number of halogens is 4. The first kappa shape index (κ1) is 28.7. The van der Waals surface area contributed by atoms with Gasteiger partial charge in [-0.1, -0.05) is 11.6 Å². The first-order chi connectivity index (χ1) is 17.5. The molecule has 0 saturated carbocycles. The van der Waals surface area contributed by atoms with Crippen molar-refractivity contribution in [2.24, 2.45) is 0 Å². The molecule has 37 heavy (non-hydrogen) atoms. The van der Waals surface area contributed by atoms with Crippen molar-refractivity contribution >= 4 is 27.9 Å². The summed E-state index contributed by atoms with van der Waals surface area (Å²) in [7, 11) is -2.65.